The summed E-state index contributed by atoms with van der Waals surface area (Å²) < 4.78 is 0. The van der Waals surface area contributed by atoms with E-state index in [0.717, 1.165) is 0 Å². The van der Waals surface area contributed by atoms with Crippen molar-refractivity contribution >= 4 is 0 Å². The minimum atomic E-state index is -0.306. The van der Waals surface area contributed by atoms with Crippen LogP contribution in [0.2, 0.25) is 0 Å². The van der Waals surface area contributed by atoms with E-state index in [4.69, 9.17) is 20.4 Å². The molecule has 4 nitrogen and oxygen atoms in total. The van der Waals surface area contributed by atoms with E-state index in [0.29, 0.717) is 0 Å². The zero-order valence-corrected chi connectivity index (χ0v) is 9.69. The third-order valence-corrected chi connectivity index (χ3v) is 1.12. The molecule has 0 fully saturated rings. The van der Waals surface area contributed by atoms with E-state index in [2.05, 4.69) is 13.2 Å². The zero-order valence-electron chi connectivity index (χ0n) is 9.69. The number of hydrogen-bond donors (Lipinski definition) is 4. The summed E-state index contributed by atoms with van der Waals surface area (Å²) in [6.45, 7) is 10.2. The third-order valence-electron chi connectivity index (χ3n) is 1.12. The average molecular weight is 220 g/mol. The molecule has 0 aliphatic heterocycles. The van der Waals surface area contributed by atoms with Crippen LogP contribution < -0.4 is 0 Å². The summed E-state index contributed by atoms with van der Waals surface area (Å²) >= 11 is 0. The Bertz CT molecular complexity index is 119. The Morgan fingerprint density at radius 2 is 1.13 bits per heavy atom. The molecule has 0 saturated carbocycles. The maximum absolute atomic E-state index is 8.43. The van der Waals surface area contributed by atoms with Gasteiger partial charge in [-0.2, -0.15) is 0 Å². The highest BCUT2D eigenvalue weighted by atomic mass is 16.3. The van der Waals surface area contributed by atoms with Crippen molar-refractivity contribution in [3.8, 4) is 0 Å². The van der Waals surface area contributed by atoms with Crippen LogP contribution in [-0.4, -0.2) is 46.9 Å². The highest BCUT2D eigenvalue weighted by Gasteiger charge is 2.13. The molecule has 0 atom stereocenters. The summed E-state index contributed by atoms with van der Waals surface area (Å²) in [4.78, 5) is 0. The van der Waals surface area contributed by atoms with Gasteiger partial charge in [-0.1, -0.05) is 39.2 Å². The summed E-state index contributed by atoms with van der Waals surface area (Å²) in [6, 6.07) is 0. The molecule has 15 heavy (non-hydrogen) atoms. The Balaban J connectivity index is -0.000000155. The lowest BCUT2D eigenvalue weighted by Crippen LogP contribution is -2.20. The molecule has 0 bridgehead atoms. The van der Waals surface area contributed by atoms with Crippen molar-refractivity contribution in [1.82, 2.24) is 0 Å². The van der Waals surface area contributed by atoms with Gasteiger partial charge in [-0.15, -0.1) is 0 Å². The highest BCUT2D eigenvalue weighted by molar-refractivity contribution is 4.88. The van der Waals surface area contributed by atoms with Crippen LogP contribution in [0.25, 0.3) is 0 Å². The van der Waals surface area contributed by atoms with Crippen LogP contribution >= 0.6 is 0 Å². The number of rotatable bonds is 4. The van der Waals surface area contributed by atoms with E-state index in [1.54, 1.807) is 26.0 Å². The van der Waals surface area contributed by atoms with Gasteiger partial charge in [-0.05, 0) is 0 Å². The van der Waals surface area contributed by atoms with Gasteiger partial charge in [0.1, 0.15) is 0 Å². The van der Waals surface area contributed by atoms with Crippen LogP contribution in [0.4, 0.5) is 0 Å². The summed E-state index contributed by atoms with van der Waals surface area (Å²) in [7, 11) is 0. The van der Waals surface area contributed by atoms with Crippen LogP contribution in [0.5, 0.6) is 0 Å². The minimum Gasteiger partial charge on any atom is -0.396 e. The lowest BCUT2D eigenvalue weighted by molar-refractivity contribution is 0.0857. The Kier molecular flexibility index (Phi) is 20.9. The second kappa shape index (κ2) is 15.8. The van der Waals surface area contributed by atoms with Crippen molar-refractivity contribution in [2.75, 3.05) is 26.4 Å². The zero-order chi connectivity index (χ0) is 12.7. The first kappa shape index (κ1) is 19.8. The fourth-order valence-electron chi connectivity index (χ4n) is 0.0500. The second-order valence-electron chi connectivity index (χ2n) is 3.40. The molecular formula is C11H24O4. The maximum atomic E-state index is 8.43. The monoisotopic (exact) mass is 220 g/mol. The van der Waals surface area contributed by atoms with Gasteiger partial charge in [0.25, 0.3) is 0 Å². The molecule has 0 aromatic rings. The largest absolute Gasteiger partial charge is 0.396 e. The lowest BCUT2D eigenvalue weighted by Gasteiger charge is -2.16. The molecule has 92 valence electrons. The van der Waals surface area contributed by atoms with Gasteiger partial charge in [0.2, 0.25) is 0 Å². The van der Waals surface area contributed by atoms with Crippen LogP contribution in [0, 0.1) is 5.41 Å². The van der Waals surface area contributed by atoms with E-state index in [9.17, 15) is 0 Å². The van der Waals surface area contributed by atoms with Crippen molar-refractivity contribution < 1.29 is 20.4 Å². The van der Waals surface area contributed by atoms with Crippen molar-refractivity contribution in [2.24, 2.45) is 5.41 Å². The quantitative estimate of drug-likeness (QED) is 0.515. The smallest absolute Gasteiger partial charge is 0.0662 e. The standard InChI is InChI=1S/C5H12O2.C4H6.C2H6O2/c1-5(2,3-6)4-7;1-3-4-2;3-1-2-4/h6-7H,3-4H2,1-2H3;2*3-4H,1-2H2. The molecule has 0 radical (unpaired) electrons. The van der Waals surface area contributed by atoms with Crippen molar-refractivity contribution in [3.05, 3.63) is 25.3 Å². The predicted octanol–water partition coefficient (Wildman–Crippen LogP) is 0.327. The van der Waals surface area contributed by atoms with Crippen LogP contribution in [0.1, 0.15) is 13.8 Å². The van der Waals surface area contributed by atoms with Gasteiger partial charge in [0.05, 0.1) is 26.4 Å². The SMILES string of the molecule is C=CC=C.CC(C)(CO)CO.OCCO. The lowest BCUT2D eigenvalue weighted by atomic mass is 9.97. The molecule has 0 aliphatic carbocycles. The Labute approximate surface area is 92.2 Å². The van der Waals surface area contributed by atoms with Gasteiger partial charge in [0.15, 0.2) is 0 Å². The van der Waals surface area contributed by atoms with Crippen LogP contribution in [-0.2, 0) is 0 Å². The number of aliphatic hydroxyl groups is 4. The summed E-state index contributed by atoms with van der Waals surface area (Å²) in [5.74, 6) is 0. The molecule has 0 rings (SSSR count). The van der Waals surface area contributed by atoms with E-state index >= 15 is 0 Å². The van der Waals surface area contributed by atoms with Crippen LogP contribution in [0.15, 0.2) is 25.3 Å². The Morgan fingerprint density at radius 1 is 0.867 bits per heavy atom. The first-order valence-corrected chi connectivity index (χ1v) is 4.62. The van der Waals surface area contributed by atoms with E-state index in [1.807, 2.05) is 0 Å². The van der Waals surface area contributed by atoms with Crippen molar-refractivity contribution in [1.29, 1.82) is 0 Å². The topological polar surface area (TPSA) is 80.9 Å². The van der Waals surface area contributed by atoms with Gasteiger partial charge < -0.3 is 20.4 Å². The first-order chi connectivity index (χ1) is 6.95. The number of hydrogen-bond acceptors (Lipinski definition) is 4. The molecule has 0 saturated heterocycles. The third kappa shape index (κ3) is 31.9. The summed E-state index contributed by atoms with van der Waals surface area (Å²) in [5, 5.41) is 32.1. The molecule has 4 N–H and O–H groups in total. The molecule has 0 heterocycles. The average Bonchev–Trinajstić information content (AvgIpc) is 2.29. The van der Waals surface area contributed by atoms with Gasteiger partial charge in [-0.3, -0.25) is 0 Å². The summed E-state index contributed by atoms with van der Waals surface area (Å²) in [6.07, 6.45) is 3.28. The summed E-state index contributed by atoms with van der Waals surface area (Å²) in [5.41, 5.74) is -0.306. The minimum absolute atomic E-state index is 0.0451. The van der Waals surface area contributed by atoms with Crippen LogP contribution in [0.3, 0.4) is 0 Å². The van der Waals surface area contributed by atoms with E-state index in [1.165, 1.54) is 0 Å². The fraction of sp³-hybridized carbons (Fsp3) is 0.636. The highest BCUT2D eigenvalue weighted by Crippen LogP contribution is 2.10. The van der Waals surface area contributed by atoms with Crippen molar-refractivity contribution in [2.45, 2.75) is 13.8 Å². The number of allylic oxidation sites excluding steroid dienone is 2. The fourth-order valence-corrected chi connectivity index (χ4v) is 0.0500. The molecule has 0 amide bonds. The van der Waals surface area contributed by atoms with E-state index < -0.39 is 0 Å². The van der Waals surface area contributed by atoms with Gasteiger partial charge >= 0.3 is 0 Å². The molecule has 4 heteroatoms. The van der Waals surface area contributed by atoms with E-state index in [-0.39, 0.29) is 31.8 Å². The Hall–Kier alpha value is -0.680. The van der Waals surface area contributed by atoms with Crippen molar-refractivity contribution in [3.63, 3.8) is 0 Å². The predicted molar refractivity (Wildman–Crippen MR) is 62.5 cm³/mol. The second-order valence-corrected chi connectivity index (χ2v) is 3.40. The maximum Gasteiger partial charge on any atom is 0.0662 e. The molecule has 0 spiro atoms. The molecular weight excluding hydrogens is 196 g/mol. The first-order valence-electron chi connectivity index (χ1n) is 4.62. The molecule has 0 aromatic heterocycles. The van der Waals surface area contributed by atoms with Gasteiger partial charge in [-0.25, -0.2) is 0 Å². The molecule has 0 aromatic carbocycles. The normalized spacial score (nSPS) is 8.93. The Morgan fingerprint density at radius 3 is 1.13 bits per heavy atom. The molecule has 0 unspecified atom stereocenters. The number of aliphatic hydroxyl groups excluding tert-OH is 4. The molecule has 0 aliphatic rings. The van der Waals surface area contributed by atoms with Gasteiger partial charge in [0, 0.05) is 5.41 Å².